The van der Waals surface area contributed by atoms with Gasteiger partial charge in [0.15, 0.2) is 34.9 Å². The Morgan fingerprint density at radius 3 is 1.03 bits per heavy atom. The molecule has 0 bridgehead atoms. The maximum atomic E-state index is 5.40. The molecule has 304 valence electrons. The van der Waals surface area contributed by atoms with E-state index in [0.29, 0.717) is 46.8 Å². The zero-order valence-corrected chi connectivity index (χ0v) is 35.6. The first-order valence-corrected chi connectivity index (χ1v) is 21.4. The lowest BCUT2D eigenvalue weighted by Crippen LogP contribution is -2.04. The summed E-state index contributed by atoms with van der Waals surface area (Å²) >= 11 is 0. The fourth-order valence-corrected chi connectivity index (χ4v) is 7.83. The fourth-order valence-electron chi connectivity index (χ4n) is 7.83. The number of fused-ring (bicyclic) bond motifs is 1. The van der Waals surface area contributed by atoms with Gasteiger partial charge in [-0.05, 0) is 65.4 Å². The molecule has 0 radical (unpaired) electrons. The topological polar surface area (TPSA) is 95.2 Å². The number of nitrogens with zero attached hydrogens (tertiary/aromatic N) is 8. The molecule has 0 aliphatic heterocycles. The van der Waals surface area contributed by atoms with Gasteiger partial charge in [0.05, 0.1) is 11.0 Å². The Bertz CT molecular complexity index is 2930. The maximum absolute atomic E-state index is 5.40. The number of imidazole rings is 1. The molecule has 63 heavy (non-hydrogen) atoms. The molecule has 3 heterocycles. The highest BCUT2D eigenvalue weighted by molar-refractivity contribution is 5.86. The molecule has 8 nitrogen and oxygen atoms in total. The second kappa shape index (κ2) is 16.8. The zero-order chi connectivity index (χ0) is 42.9. The third-order valence-electron chi connectivity index (χ3n) is 11.2. The number of aromatic nitrogens is 8. The Labute approximate surface area is 367 Å². The minimum atomic E-state index is 0.332. The van der Waals surface area contributed by atoms with E-state index < -0.39 is 0 Å². The van der Waals surface area contributed by atoms with E-state index >= 15 is 0 Å². The van der Waals surface area contributed by atoms with Crippen molar-refractivity contribution in [3.63, 3.8) is 0 Å². The second-order valence-electron chi connectivity index (χ2n) is 16.3. The number of hydrogen-bond donors (Lipinski definition) is 0. The molecule has 10 rings (SSSR count). The fraction of sp³-hybridized carbons (Fsp3) is 0.109. The molecule has 0 N–H and O–H groups in total. The van der Waals surface area contributed by atoms with Crippen LogP contribution in [0.25, 0.3) is 96.4 Å². The Morgan fingerprint density at radius 2 is 0.651 bits per heavy atom. The predicted octanol–water partition coefficient (Wildman–Crippen LogP) is 13.3. The van der Waals surface area contributed by atoms with Gasteiger partial charge in [-0.2, -0.15) is 0 Å². The number of rotatable bonds is 10. The molecule has 0 spiro atoms. The summed E-state index contributed by atoms with van der Waals surface area (Å²) in [5.74, 6) is 4.75. The maximum Gasteiger partial charge on any atom is 0.164 e. The van der Waals surface area contributed by atoms with Crippen LogP contribution in [0.1, 0.15) is 50.7 Å². The summed E-state index contributed by atoms with van der Waals surface area (Å²) < 4.78 is 2.28. The van der Waals surface area contributed by atoms with Crippen molar-refractivity contribution in [3.8, 4) is 85.4 Å². The quantitative estimate of drug-likeness (QED) is 0.136. The van der Waals surface area contributed by atoms with Crippen LogP contribution < -0.4 is 0 Å². The summed E-state index contributed by atoms with van der Waals surface area (Å²) in [6.07, 6.45) is 0. The molecule has 0 amide bonds. The number of benzene rings is 7. The van der Waals surface area contributed by atoms with Crippen LogP contribution in [0.3, 0.4) is 0 Å². The Kier molecular flexibility index (Phi) is 10.5. The van der Waals surface area contributed by atoms with Gasteiger partial charge in [0.1, 0.15) is 5.82 Å². The van der Waals surface area contributed by atoms with Crippen LogP contribution in [0.15, 0.2) is 182 Å². The van der Waals surface area contributed by atoms with Crippen molar-refractivity contribution in [3.05, 3.63) is 193 Å². The minimum Gasteiger partial charge on any atom is -0.292 e. The van der Waals surface area contributed by atoms with Gasteiger partial charge in [0.25, 0.3) is 0 Å². The van der Waals surface area contributed by atoms with Gasteiger partial charge in [0, 0.05) is 44.6 Å². The van der Waals surface area contributed by atoms with E-state index in [9.17, 15) is 0 Å². The third-order valence-corrected chi connectivity index (χ3v) is 11.2. The van der Waals surface area contributed by atoms with E-state index in [1.54, 1.807) is 0 Å². The van der Waals surface area contributed by atoms with Gasteiger partial charge in [-0.15, -0.1) is 0 Å². The van der Waals surface area contributed by atoms with Gasteiger partial charge < -0.3 is 0 Å². The predicted molar refractivity (Wildman–Crippen MR) is 254 cm³/mol. The van der Waals surface area contributed by atoms with Crippen molar-refractivity contribution in [1.29, 1.82) is 0 Å². The van der Waals surface area contributed by atoms with E-state index in [4.69, 9.17) is 34.9 Å². The average Bonchev–Trinajstić information content (AvgIpc) is 3.74. The molecule has 0 saturated heterocycles. The first-order chi connectivity index (χ1) is 30.8. The molecule has 0 unspecified atom stereocenters. The normalized spacial score (nSPS) is 11.5. The smallest absolute Gasteiger partial charge is 0.164 e. The van der Waals surface area contributed by atoms with E-state index in [1.807, 2.05) is 127 Å². The SMILES string of the molecule is CC(C)c1cc(C(C)C)cc(-n2c(-c3cc(-c4nc(-c5ccccc5)nc(-c5ccccc5)n4)cc(-c4nc(-c5ccccc5)nc(-c5ccccc5)n4)c3)nc3ccccc32)c1. The summed E-state index contributed by atoms with van der Waals surface area (Å²) in [5, 5.41) is 0. The van der Waals surface area contributed by atoms with E-state index in [-0.39, 0.29) is 0 Å². The first-order valence-electron chi connectivity index (χ1n) is 21.4. The summed E-state index contributed by atoms with van der Waals surface area (Å²) in [6, 6.07) is 61.8. The lowest BCUT2D eigenvalue weighted by Gasteiger charge is -2.18. The molecule has 0 atom stereocenters. The lowest BCUT2D eigenvalue weighted by molar-refractivity contribution is 0.829. The third kappa shape index (κ3) is 8.02. The summed E-state index contributed by atoms with van der Waals surface area (Å²) in [4.78, 5) is 36.1. The van der Waals surface area contributed by atoms with Gasteiger partial charge in [-0.1, -0.05) is 167 Å². The Hall–Kier alpha value is -7.97. The monoisotopic (exact) mass is 816 g/mol. The van der Waals surface area contributed by atoms with E-state index in [0.717, 1.165) is 61.5 Å². The highest BCUT2D eigenvalue weighted by Crippen LogP contribution is 2.37. The largest absolute Gasteiger partial charge is 0.292 e. The van der Waals surface area contributed by atoms with Crippen molar-refractivity contribution in [2.45, 2.75) is 39.5 Å². The average molecular weight is 817 g/mol. The lowest BCUT2D eigenvalue weighted by atomic mass is 9.94. The molecular weight excluding hydrogens is 773 g/mol. The van der Waals surface area contributed by atoms with Crippen LogP contribution in [0, 0.1) is 0 Å². The van der Waals surface area contributed by atoms with Crippen LogP contribution in [0.4, 0.5) is 0 Å². The number of para-hydroxylation sites is 2. The van der Waals surface area contributed by atoms with Crippen LogP contribution >= 0.6 is 0 Å². The van der Waals surface area contributed by atoms with Gasteiger partial charge >= 0.3 is 0 Å². The second-order valence-corrected chi connectivity index (χ2v) is 16.3. The van der Waals surface area contributed by atoms with Crippen LogP contribution in [-0.2, 0) is 0 Å². The van der Waals surface area contributed by atoms with E-state index in [1.165, 1.54) is 11.1 Å². The molecule has 0 fully saturated rings. The molecule has 8 heteroatoms. The highest BCUT2D eigenvalue weighted by atomic mass is 15.1. The van der Waals surface area contributed by atoms with Crippen LogP contribution in [0.5, 0.6) is 0 Å². The van der Waals surface area contributed by atoms with E-state index in [2.05, 4.69) is 86.9 Å². The molecule has 0 aliphatic rings. The Morgan fingerprint density at radius 1 is 0.317 bits per heavy atom. The van der Waals surface area contributed by atoms with Crippen molar-refractivity contribution in [1.82, 2.24) is 39.5 Å². The standard InChI is InChI=1S/C55H44N8/c1-35(2)41-29-42(36(3)4)34-46(33-41)63-48-28-18-17-27-47(48)56-55(63)45-31-43(53-59-49(37-19-9-5-10-20-37)57-50(60-53)38-21-11-6-12-22-38)30-44(32-45)54-61-51(39-23-13-7-14-24-39)58-52(62-54)40-25-15-8-16-26-40/h5-36H,1-4H3. The molecule has 3 aromatic heterocycles. The van der Waals surface area contributed by atoms with Crippen molar-refractivity contribution >= 4 is 11.0 Å². The highest BCUT2D eigenvalue weighted by Gasteiger charge is 2.22. The van der Waals surface area contributed by atoms with Crippen molar-refractivity contribution < 1.29 is 0 Å². The zero-order valence-electron chi connectivity index (χ0n) is 35.6. The molecule has 7 aromatic carbocycles. The molecular formula is C55H44N8. The van der Waals surface area contributed by atoms with Crippen molar-refractivity contribution in [2.75, 3.05) is 0 Å². The summed E-state index contributed by atoms with van der Waals surface area (Å²) in [5.41, 5.74) is 11.4. The van der Waals surface area contributed by atoms with Crippen LogP contribution in [-0.4, -0.2) is 39.5 Å². The number of hydrogen-bond acceptors (Lipinski definition) is 7. The summed E-state index contributed by atoms with van der Waals surface area (Å²) in [7, 11) is 0. The molecule has 10 aromatic rings. The molecule has 0 saturated carbocycles. The minimum absolute atomic E-state index is 0.332. The first kappa shape index (κ1) is 39.2. The summed E-state index contributed by atoms with van der Waals surface area (Å²) in [6.45, 7) is 8.98. The van der Waals surface area contributed by atoms with Gasteiger partial charge in [0.2, 0.25) is 0 Å². The van der Waals surface area contributed by atoms with Gasteiger partial charge in [-0.25, -0.2) is 34.9 Å². The molecule has 0 aliphatic carbocycles. The van der Waals surface area contributed by atoms with Crippen molar-refractivity contribution in [2.24, 2.45) is 0 Å². The Balaban J connectivity index is 1.27. The van der Waals surface area contributed by atoms with Crippen LogP contribution in [0.2, 0.25) is 0 Å². The van der Waals surface area contributed by atoms with Gasteiger partial charge in [-0.3, -0.25) is 4.57 Å².